The van der Waals surface area contributed by atoms with Crippen LogP contribution in [0.2, 0.25) is 0 Å². The van der Waals surface area contributed by atoms with Crippen molar-refractivity contribution in [1.82, 2.24) is 5.32 Å². The highest BCUT2D eigenvalue weighted by Gasteiger charge is 2.52. The summed E-state index contributed by atoms with van der Waals surface area (Å²) in [7, 11) is 0. The second kappa shape index (κ2) is 4.32. The molecule has 0 aromatic carbocycles. The summed E-state index contributed by atoms with van der Waals surface area (Å²) in [6, 6.07) is 0.129. The molecular weight excluding hydrogens is 240 g/mol. The highest BCUT2D eigenvalue weighted by molar-refractivity contribution is 5.80. The van der Waals surface area contributed by atoms with Gasteiger partial charge in [0.05, 0.1) is 12.1 Å². The molecule has 4 heteroatoms. The van der Waals surface area contributed by atoms with Crippen LogP contribution in [0.1, 0.15) is 25.7 Å². The molecule has 0 aromatic rings. The van der Waals surface area contributed by atoms with E-state index in [1.54, 1.807) is 0 Å². The minimum atomic E-state index is 0.0425. The number of amides is 1. The Morgan fingerprint density at radius 2 is 2.21 bits per heavy atom. The normalized spacial score (nSPS) is 50.7. The molecule has 4 aliphatic rings. The van der Waals surface area contributed by atoms with Crippen molar-refractivity contribution in [2.24, 2.45) is 29.4 Å². The molecule has 4 nitrogen and oxygen atoms in total. The zero-order chi connectivity index (χ0) is 13.0. The van der Waals surface area contributed by atoms with Gasteiger partial charge in [-0.3, -0.25) is 4.79 Å². The smallest absolute Gasteiger partial charge is 0.224 e. The predicted octanol–water partition coefficient (Wildman–Crippen LogP) is 0.819. The first-order valence-corrected chi connectivity index (χ1v) is 7.60. The number of fused-ring (bicyclic) bond motifs is 3. The van der Waals surface area contributed by atoms with Crippen molar-refractivity contribution < 1.29 is 9.53 Å². The fraction of sp³-hybridized carbons (Fsp3) is 0.800. The van der Waals surface area contributed by atoms with E-state index in [1.165, 1.54) is 0 Å². The lowest BCUT2D eigenvalue weighted by Gasteiger charge is -2.52. The molecule has 0 aromatic heterocycles. The molecule has 0 radical (unpaired) electrons. The van der Waals surface area contributed by atoms with Crippen LogP contribution >= 0.6 is 0 Å². The van der Waals surface area contributed by atoms with E-state index >= 15 is 0 Å². The third-order valence-electron chi connectivity index (χ3n) is 5.60. The third kappa shape index (κ3) is 1.77. The quantitative estimate of drug-likeness (QED) is 0.724. The average Bonchev–Trinajstić information content (AvgIpc) is 3.06. The summed E-state index contributed by atoms with van der Waals surface area (Å²) in [4.78, 5) is 12.4. The molecule has 1 saturated heterocycles. The van der Waals surface area contributed by atoms with Gasteiger partial charge in [-0.15, -0.1) is 0 Å². The monoisotopic (exact) mass is 262 g/mol. The molecule has 104 valence electrons. The van der Waals surface area contributed by atoms with Gasteiger partial charge in [0.1, 0.15) is 0 Å². The van der Waals surface area contributed by atoms with E-state index in [4.69, 9.17) is 10.5 Å². The van der Waals surface area contributed by atoms with E-state index < -0.39 is 0 Å². The molecule has 3 fully saturated rings. The third-order valence-corrected chi connectivity index (χ3v) is 5.60. The maximum atomic E-state index is 12.4. The molecule has 3 N–H and O–H groups in total. The first-order chi connectivity index (χ1) is 9.24. The maximum absolute atomic E-state index is 12.4. The van der Waals surface area contributed by atoms with Crippen molar-refractivity contribution in [2.75, 3.05) is 6.61 Å². The minimum Gasteiger partial charge on any atom is -0.376 e. The summed E-state index contributed by atoms with van der Waals surface area (Å²) in [6.07, 6.45) is 9.09. The van der Waals surface area contributed by atoms with Crippen molar-refractivity contribution in [3.05, 3.63) is 12.2 Å². The Labute approximate surface area is 113 Å². The van der Waals surface area contributed by atoms with E-state index in [2.05, 4.69) is 17.5 Å². The maximum Gasteiger partial charge on any atom is 0.224 e. The lowest BCUT2D eigenvalue weighted by molar-refractivity contribution is -0.142. The Morgan fingerprint density at radius 3 is 2.95 bits per heavy atom. The molecule has 1 heterocycles. The Hall–Kier alpha value is -0.870. The number of carbonyl (C=O) groups is 1. The highest BCUT2D eigenvalue weighted by Crippen LogP contribution is 2.44. The summed E-state index contributed by atoms with van der Waals surface area (Å²) >= 11 is 0. The number of allylic oxidation sites excluding steroid dienone is 2. The second-order valence-corrected chi connectivity index (χ2v) is 6.64. The summed E-state index contributed by atoms with van der Waals surface area (Å²) in [5.74, 6) is 1.92. The molecule has 2 saturated carbocycles. The summed E-state index contributed by atoms with van der Waals surface area (Å²) < 4.78 is 5.78. The van der Waals surface area contributed by atoms with Gasteiger partial charge in [0.2, 0.25) is 5.91 Å². The Kier molecular flexibility index (Phi) is 2.71. The zero-order valence-corrected chi connectivity index (χ0v) is 11.1. The van der Waals surface area contributed by atoms with E-state index in [-0.39, 0.29) is 30.0 Å². The zero-order valence-electron chi connectivity index (χ0n) is 11.1. The van der Waals surface area contributed by atoms with Gasteiger partial charge < -0.3 is 15.8 Å². The van der Waals surface area contributed by atoms with Crippen LogP contribution in [0.15, 0.2) is 12.2 Å². The first-order valence-electron chi connectivity index (χ1n) is 7.60. The number of hydrogen-bond donors (Lipinski definition) is 2. The molecule has 3 aliphatic carbocycles. The Bertz CT molecular complexity index is 422. The van der Waals surface area contributed by atoms with Crippen LogP contribution in [0.4, 0.5) is 0 Å². The molecule has 7 atom stereocenters. The average molecular weight is 262 g/mol. The first kappa shape index (κ1) is 11.9. The van der Waals surface area contributed by atoms with E-state index in [0.29, 0.717) is 17.8 Å². The van der Waals surface area contributed by atoms with Gasteiger partial charge in [-0.1, -0.05) is 12.2 Å². The van der Waals surface area contributed by atoms with Crippen LogP contribution < -0.4 is 11.1 Å². The topological polar surface area (TPSA) is 64.3 Å². The van der Waals surface area contributed by atoms with Crippen molar-refractivity contribution in [3.63, 3.8) is 0 Å². The molecule has 7 unspecified atom stereocenters. The minimum absolute atomic E-state index is 0.0425. The Balaban J connectivity index is 1.39. The number of rotatable bonds is 2. The molecular formula is C15H22N2O2. The number of ether oxygens (including phenoxy) is 1. The fourth-order valence-electron chi connectivity index (χ4n) is 4.48. The van der Waals surface area contributed by atoms with E-state index in [0.717, 1.165) is 32.3 Å². The van der Waals surface area contributed by atoms with Gasteiger partial charge in [-0.25, -0.2) is 0 Å². The van der Waals surface area contributed by atoms with Gasteiger partial charge in [-0.2, -0.15) is 0 Å². The van der Waals surface area contributed by atoms with Crippen molar-refractivity contribution >= 4 is 5.91 Å². The van der Waals surface area contributed by atoms with Crippen LogP contribution in [0.25, 0.3) is 0 Å². The number of nitrogens with two attached hydrogens (primary N) is 1. The van der Waals surface area contributed by atoms with Crippen LogP contribution in [-0.4, -0.2) is 30.7 Å². The second-order valence-electron chi connectivity index (χ2n) is 6.64. The fourth-order valence-corrected chi connectivity index (χ4v) is 4.48. The largest absolute Gasteiger partial charge is 0.376 e. The molecule has 0 spiro atoms. The predicted molar refractivity (Wildman–Crippen MR) is 71.2 cm³/mol. The molecule has 2 bridgehead atoms. The lowest BCUT2D eigenvalue weighted by atomic mass is 9.68. The van der Waals surface area contributed by atoms with Gasteiger partial charge in [0, 0.05) is 24.5 Å². The van der Waals surface area contributed by atoms with Crippen LogP contribution in [-0.2, 0) is 9.53 Å². The van der Waals surface area contributed by atoms with Crippen molar-refractivity contribution in [3.8, 4) is 0 Å². The van der Waals surface area contributed by atoms with E-state index in [9.17, 15) is 4.79 Å². The van der Waals surface area contributed by atoms with Crippen LogP contribution in [0.3, 0.4) is 0 Å². The van der Waals surface area contributed by atoms with E-state index in [1.807, 2.05) is 0 Å². The van der Waals surface area contributed by atoms with Crippen molar-refractivity contribution in [1.29, 1.82) is 0 Å². The van der Waals surface area contributed by atoms with Crippen molar-refractivity contribution in [2.45, 2.75) is 43.9 Å². The van der Waals surface area contributed by atoms with Crippen LogP contribution in [0, 0.1) is 23.7 Å². The Morgan fingerprint density at radius 1 is 1.32 bits per heavy atom. The van der Waals surface area contributed by atoms with Gasteiger partial charge in [0.15, 0.2) is 0 Å². The van der Waals surface area contributed by atoms with Gasteiger partial charge in [0.25, 0.3) is 0 Å². The van der Waals surface area contributed by atoms with Gasteiger partial charge in [-0.05, 0) is 37.5 Å². The molecule has 19 heavy (non-hydrogen) atoms. The summed E-state index contributed by atoms with van der Waals surface area (Å²) in [6.45, 7) is 0.817. The van der Waals surface area contributed by atoms with Crippen LogP contribution in [0.5, 0.6) is 0 Å². The lowest BCUT2D eigenvalue weighted by Crippen LogP contribution is -2.72. The molecule has 4 rings (SSSR count). The number of nitrogens with one attached hydrogen (secondary N) is 1. The number of hydrogen-bond acceptors (Lipinski definition) is 3. The molecule has 1 amide bonds. The standard InChI is InChI=1S/C15H22N2O2/c16-12-10-2-1-5-19-14(10)13(12)17-15(18)11-7-8-3-4-9(11)6-8/h3-4,8-14H,1-2,5-7,16H2,(H,17,18). The number of carbonyl (C=O) groups excluding carboxylic acids is 1. The van der Waals surface area contributed by atoms with Gasteiger partial charge >= 0.3 is 0 Å². The SMILES string of the molecule is NC1C2CCCOC2C1NC(=O)C1CC2C=CC1C2. The highest BCUT2D eigenvalue weighted by atomic mass is 16.5. The summed E-state index contributed by atoms with van der Waals surface area (Å²) in [5, 5.41) is 3.17. The summed E-state index contributed by atoms with van der Waals surface area (Å²) in [5.41, 5.74) is 6.19. The molecule has 1 aliphatic heterocycles.